The first-order valence-electron chi connectivity index (χ1n) is 9.97. The number of nitrogens with zero attached hydrogens (tertiary/aromatic N) is 4. The number of ether oxygens (including phenoxy) is 1. The number of urea groups is 1. The maximum atomic E-state index is 13.2. The van der Waals surface area contributed by atoms with E-state index in [0.29, 0.717) is 24.9 Å². The van der Waals surface area contributed by atoms with Gasteiger partial charge in [-0.25, -0.2) is 9.78 Å². The van der Waals surface area contributed by atoms with Crippen molar-refractivity contribution in [3.63, 3.8) is 0 Å². The first-order valence-corrected chi connectivity index (χ1v) is 10.8. The number of hydrogen-bond acceptors (Lipinski definition) is 6. The van der Waals surface area contributed by atoms with Crippen LogP contribution in [0.4, 0.5) is 16.2 Å². The normalized spacial score (nSPS) is 20.6. The predicted octanol–water partition coefficient (Wildman–Crippen LogP) is 3.66. The van der Waals surface area contributed by atoms with Crippen molar-refractivity contribution >= 4 is 39.0 Å². The van der Waals surface area contributed by atoms with Crippen LogP contribution in [0.3, 0.4) is 0 Å². The monoisotopic (exact) mass is 409 g/mol. The minimum Gasteiger partial charge on any atom is -0.487 e. The molecule has 2 atom stereocenters. The molecule has 8 heteroatoms. The third-order valence-electron chi connectivity index (χ3n) is 5.67. The van der Waals surface area contributed by atoms with Crippen molar-refractivity contribution in [2.75, 3.05) is 29.4 Å². The Balaban J connectivity index is 1.38. The van der Waals surface area contributed by atoms with E-state index >= 15 is 0 Å². The maximum absolute atomic E-state index is 13.2. The number of benzene rings is 1. The molecule has 2 saturated heterocycles. The number of rotatable bonds is 5. The van der Waals surface area contributed by atoms with Gasteiger partial charge in [0.2, 0.25) is 0 Å². The Morgan fingerprint density at radius 1 is 1.28 bits per heavy atom. The van der Waals surface area contributed by atoms with Gasteiger partial charge in [-0.3, -0.25) is 14.8 Å². The lowest BCUT2D eigenvalue weighted by atomic mass is 10.1. The number of pyridine rings is 1. The van der Waals surface area contributed by atoms with E-state index in [1.54, 1.807) is 33.5 Å². The highest BCUT2D eigenvalue weighted by atomic mass is 32.1. The number of hydrogen-bond donors (Lipinski definition) is 1. The quantitative estimate of drug-likeness (QED) is 0.696. The smallest absolute Gasteiger partial charge is 0.329 e. The summed E-state index contributed by atoms with van der Waals surface area (Å²) < 4.78 is 7.34. The van der Waals surface area contributed by atoms with Crippen molar-refractivity contribution < 1.29 is 9.53 Å². The molecule has 2 fully saturated rings. The second-order valence-electron chi connectivity index (χ2n) is 7.46. The van der Waals surface area contributed by atoms with Crippen LogP contribution < -0.4 is 19.9 Å². The zero-order chi connectivity index (χ0) is 19.8. The summed E-state index contributed by atoms with van der Waals surface area (Å²) >= 11 is 1.58. The standard InChI is InChI=1S/C21H23N5O2S/c1-14(16-3-2-7-23-16)28-19-6-8-22-12-18(19)26-10-9-25(21(26)27)15-4-5-17-20(11-15)29-13-24-17/h4-6,8,11-14,16,23H,2-3,7,9-10H2,1H3. The van der Waals surface area contributed by atoms with Gasteiger partial charge >= 0.3 is 6.03 Å². The van der Waals surface area contributed by atoms with Gasteiger partial charge in [0, 0.05) is 37.1 Å². The Bertz CT molecular complexity index is 1030. The van der Waals surface area contributed by atoms with E-state index in [1.807, 2.05) is 29.8 Å². The molecule has 150 valence electrons. The molecule has 7 nitrogen and oxygen atoms in total. The zero-order valence-corrected chi connectivity index (χ0v) is 17.1. The van der Waals surface area contributed by atoms with Gasteiger partial charge < -0.3 is 10.1 Å². The number of anilines is 2. The number of carbonyl (C=O) groups is 1. The minimum absolute atomic E-state index is 0.0289. The number of fused-ring (bicyclic) bond motifs is 1. The minimum atomic E-state index is -0.0571. The fourth-order valence-electron chi connectivity index (χ4n) is 4.08. The lowest BCUT2D eigenvalue weighted by molar-refractivity contribution is 0.180. The molecule has 0 aliphatic carbocycles. The first-order chi connectivity index (χ1) is 14.2. The molecule has 2 aromatic heterocycles. The summed E-state index contributed by atoms with van der Waals surface area (Å²) in [6.45, 7) is 4.33. The van der Waals surface area contributed by atoms with Gasteiger partial charge in [-0.15, -0.1) is 11.3 Å². The average molecular weight is 410 g/mol. The summed E-state index contributed by atoms with van der Waals surface area (Å²) in [5.41, 5.74) is 4.40. The highest BCUT2D eigenvalue weighted by Gasteiger charge is 2.33. The van der Waals surface area contributed by atoms with Gasteiger partial charge in [-0.2, -0.15) is 0 Å². The van der Waals surface area contributed by atoms with Crippen LogP contribution in [0.1, 0.15) is 19.8 Å². The molecule has 1 aromatic carbocycles. The first kappa shape index (κ1) is 18.3. The van der Waals surface area contributed by atoms with Crippen LogP contribution in [0, 0.1) is 0 Å². The second-order valence-corrected chi connectivity index (χ2v) is 8.35. The molecular weight excluding hydrogens is 386 g/mol. The van der Waals surface area contributed by atoms with E-state index in [-0.39, 0.29) is 12.1 Å². The van der Waals surface area contributed by atoms with Crippen molar-refractivity contribution in [1.29, 1.82) is 0 Å². The fraction of sp³-hybridized carbons (Fsp3) is 0.381. The highest BCUT2D eigenvalue weighted by Crippen LogP contribution is 2.34. The molecule has 2 aliphatic rings. The van der Waals surface area contributed by atoms with Crippen LogP contribution in [0.15, 0.2) is 42.2 Å². The van der Waals surface area contributed by atoms with E-state index in [1.165, 1.54) is 6.42 Å². The summed E-state index contributed by atoms with van der Waals surface area (Å²) in [5.74, 6) is 0.703. The fourth-order valence-corrected chi connectivity index (χ4v) is 4.79. The summed E-state index contributed by atoms with van der Waals surface area (Å²) in [7, 11) is 0. The van der Waals surface area contributed by atoms with E-state index in [2.05, 4.69) is 22.2 Å². The molecule has 2 unspecified atom stereocenters. The van der Waals surface area contributed by atoms with Crippen LogP contribution in [0.2, 0.25) is 0 Å². The molecule has 0 saturated carbocycles. The Labute approximate surface area is 173 Å². The lowest BCUT2D eigenvalue weighted by Crippen LogP contribution is -2.37. The number of thiazole rings is 1. The van der Waals surface area contributed by atoms with Crippen LogP contribution in [0.25, 0.3) is 10.2 Å². The Morgan fingerprint density at radius 3 is 3.03 bits per heavy atom. The molecule has 29 heavy (non-hydrogen) atoms. The second kappa shape index (κ2) is 7.61. The Hall–Kier alpha value is -2.71. The summed E-state index contributed by atoms with van der Waals surface area (Å²) in [6.07, 6.45) is 5.74. The Kier molecular flexibility index (Phi) is 4.81. The van der Waals surface area contributed by atoms with Crippen LogP contribution in [-0.2, 0) is 0 Å². The molecule has 0 bridgehead atoms. The number of amides is 2. The summed E-state index contributed by atoms with van der Waals surface area (Å²) in [6, 6.07) is 8.08. The third kappa shape index (κ3) is 3.42. The molecular formula is C21H23N5O2S. The van der Waals surface area contributed by atoms with Crippen LogP contribution in [0.5, 0.6) is 5.75 Å². The largest absolute Gasteiger partial charge is 0.487 e. The SMILES string of the molecule is CC(Oc1ccncc1N1CCN(c2ccc3ncsc3c2)C1=O)C1CCCN1. The van der Waals surface area contributed by atoms with Gasteiger partial charge in [0.05, 0.1) is 21.9 Å². The number of nitrogens with one attached hydrogen (secondary N) is 1. The molecule has 3 aromatic rings. The van der Waals surface area contributed by atoms with E-state index in [4.69, 9.17) is 4.74 Å². The molecule has 2 aliphatic heterocycles. The van der Waals surface area contributed by atoms with Crippen molar-refractivity contribution in [1.82, 2.24) is 15.3 Å². The van der Waals surface area contributed by atoms with Gasteiger partial charge in [-0.1, -0.05) is 0 Å². The Morgan fingerprint density at radius 2 is 2.17 bits per heavy atom. The molecule has 2 amide bonds. The van der Waals surface area contributed by atoms with Gasteiger partial charge in [0.1, 0.15) is 17.5 Å². The molecule has 0 radical (unpaired) electrons. The predicted molar refractivity (Wildman–Crippen MR) is 115 cm³/mol. The van der Waals surface area contributed by atoms with Crippen LogP contribution >= 0.6 is 11.3 Å². The number of aromatic nitrogens is 2. The highest BCUT2D eigenvalue weighted by molar-refractivity contribution is 7.16. The van der Waals surface area contributed by atoms with Crippen molar-refractivity contribution in [2.45, 2.75) is 31.9 Å². The van der Waals surface area contributed by atoms with Crippen molar-refractivity contribution in [3.05, 3.63) is 42.2 Å². The third-order valence-corrected chi connectivity index (χ3v) is 6.46. The van der Waals surface area contributed by atoms with E-state index in [0.717, 1.165) is 34.6 Å². The summed E-state index contributed by atoms with van der Waals surface area (Å²) in [5, 5.41) is 3.48. The van der Waals surface area contributed by atoms with Gasteiger partial charge in [0.15, 0.2) is 0 Å². The summed E-state index contributed by atoms with van der Waals surface area (Å²) in [4.78, 5) is 25.3. The molecule has 5 rings (SSSR count). The van der Waals surface area contributed by atoms with E-state index in [9.17, 15) is 4.79 Å². The van der Waals surface area contributed by atoms with Crippen LogP contribution in [-0.4, -0.2) is 47.8 Å². The number of carbonyl (C=O) groups excluding carboxylic acids is 1. The molecule has 0 spiro atoms. The van der Waals surface area contributed by atoms with Gasteiger partial charge in [-0.05, 0) is 44.5 Å². The lowest BCUT2D eigenvalue weighted by Gasteiger charge is -2.25. The molecule has 1 N–H and O–H groups in total. The van der Waals surface area contributed by atoms with Gasteiger partial charge in [0.25, 0.3) is 0 Å². The maximum Gasteiger partial charge on any atom is 0.329 e. The van der Waals surface area contributed by atoms with E-state index < -0.39 is 0 Å². The average Bonchev–Trinajstić information content (AvgIpc) is 3.49. The molecule has 4 heterocycles. The topological polar surface area (TPSA) is 70.6 Å². The van der Waals surface area contributed by atoms with Crippen molar-refractivity contribution in [2.24, 2.45) is 0 Å². The zero-order valence-electron chi connectivity index (χ0n) is 16.2. The van der Waals surface area contributed by atoms with Crippen molar-refractivity contribution in [3.8, 4) is 5.75 Å².